The molecule has 0 heterocycles. The first-order chi connectivity index (χ1) is 19.8. The predicted octanol–water partition coefficient (Wildman–Crippen LogP) is 9.39. The molecule has 4 aliphatic carbocycles. The van der Waals surface area contributed by atoms with Crippen LogP contribution in [0.5, 0.6) is 0 Å². The van der Waals surface area contributed by atoms with Crippen LogP contribution in [0, 0.1) is 46.3 Å². The number of amides is 1. The van der Waals surface area contributed by atoms with Crippen molar-refractivity contribution < 1.29 is 1690 Å². The summed E-state index contributed by atoms with van der Waals surface area (Å²) < 4.78 is 21.9. The quantitative estimate of drug-likeness (QED) is 0.103. The van der Waals surface area contributed by atoms with Gasteiger partial charge in [0, 0.05) is 1690 Å². The number of fused-ring (bicyclic) bond motifs is 5. The summed E-state index contributed by atoms with van der Waals surface area (Å²) in [4.78, 5) is 21.7. The van der Waals surface area contributed by atoms with Crippen molar-refractivity contribution in [3.63, 3.8) is 0 Å². The first kappa shape index (κ1) is 320. The van der Waals surface area contributed by atoms with E-state index in [4.69, 9.17) is 14.2 Å². The van der Waals surface area contributed by atoms with E-state index in [1.54, 1.807) is 5.57 Å². The molecule has 2 N–H and O–H groups in total. The van der Waals surface area contributed by atoms with Gasteiger partial charge in [0.05, 0.1) is 6.61 Å². The zero-order chi connectivity index (χ0) is 30.5. The molecule has 0 aromatic heterocycles. The molecule has 1 unspecified atom stereocenters. The van der Waals surface area contributed by atoms with Gasteiger partial charge in [-0.15, -0.1) is 0 Å². The van der Waals surface area contributed by atoms with Gasteiger partial charge in [-0.2, -0.15) is 0 Å². The van der Waals surface area contributed by atoms with E-state index >= 15 is 0 Å². The normalized spacial score (nSPS) is 16.4. The molecule has 93 heavy (non-hydrogen) atoms. The monoisotopic (exact) mass is 5140 g/mol. The maximum Gasteiger partial charge on any atom is 0.407 e. The molecule has 3 saturated carbocycles. The first-order valence-corrected chi connectivity index (χ1v) is 19.4. The molecule has 395 valence electrons. The molecule has 58 heteroatoms. The van der Waals surface area contributed by atoms with E-state index in [9.17, 15) is 9.36 Å². The predicted molar refractivity (Wildman–Crippen MR) is 171 cm³/mol. The van der Waals surface area contributed by atoms with Crippen LogP contribution in [0.2, 0.25) is 0 Å². The van der Waals surface area contributed by atoms with E-state index in [-0.39, 0.29) is 1690 Å². The Morgan fingerprint density at radius 2 is 0.817 bits per heavy atom. The van der Waals surface area contributed by atoms with Gasteiger partial charge in [0.25, 0.3) is 0 Å². The molecule has 0 bridgehead atoms. The molecule has 0 aliphatic heterocycles. The second kappa shape index (κ2) is 214. The molecule has 0 aromatic rings. The number of carbonyl (C=O) groups is 1. The maximum absolute atomic E-state index is 12.5. The summed E-state index contributed by atoms with van der Waals surface area (Å²) >= 11 is 0. The van der Waals surface area contributed by atoms with Gasteiger partial charge >= 0.3 is 13.7 Å². The Kier molecular flexibility index (Phi) is 737. The third kappa shape index (κ3) is 160. The molecule has 0 aromatic carbocycles. The smallest absolute Gasteiger partial charge is 0.407 e. The fourth-order valence-electron chi connectivity index (χ4n) is 9.95. The molecule has 4 aliphatic rings. The molecule has 9 atom stereocenters. The van der Waals surface area contributed by atoms with Crippen molar-refractivity contribution in [1.82, 2.24) is 5.32 Å². The van der Waals surface area contributed by atoms with Crippen molar-refractivity contribution >= 4 is 13.7 Å². The van der Waals surface area contributed by atoms with Crippen LogP contribution in [0.1, 0.15) is 131 Å². The van der Waals surface area contributed by atoms with Gasteiger partial charge in [-0.05, 0) is 104 Å². The van der Waals surface area contributed by atoms with E-state index in [2.05, 4.69) is 46.0 Å². The Hall–Kier alpha value is 55.5. The van der Waals surface area contributed by atoms with E-state index in [0.29, 0.717) is 18.6 Å². The van der Waals surface area contributed by atoms with Gasteiger partial charge in [0.1, 0.15) is 6.10 Å². The second-order valence-corrected chi connectivity index (χ2v) is 17.4. The average molecular weight is 5140 g/mol. The van der Waals surface area contributed by atoms with Crippen LogP contribution < -0.4 is 5.32 Å². The number of hydrogen-bond acceptors (Lipinski definition) is 4. The van der Waals surface area contributed by atoms with Crippen LogP contribution in [0.25, 0.3) is 0 Å². The summed E-state index contributed by atoms with van der Waals surface area (Å²) in [7, 11) is -3.38. The van der Waals surface area contributed by atoms with E-state index in [1.807, 2.05) is 0 Å². The Morgan fingerprint density at radius 1 is 0.473 bits per heavy atom. The maximum atomic E-state index is 12.5. The van der Waals surface area contributed by atoms with Gasteiger partial charge in [-0.25, -0.2) is 4.79 Å². The zero-order valence-electron chi connectivity index (χ0n) is 57.1. The minimum Gasteiger partial charge on any atom is -0.446 e. The van der Waals surface area contributed by atoms with Gasteiger partial charge in [0.2, 0.25) is 0 Å². The molecular weight excluding hydrogens is 5080 g/mol. The number of unbranched alkanes of at least 4 members (excludes halogenated alkanes) is 3. The molecule has 4 rings (SSSR count). The Balaban J connectivity index is -0.00000000863. The molecular formula is C35H62NO5PY51. The van der Waals surface area contributed by atoms with Crippen LogP contribution in [-0.4, -0.2) is 36.9 Å². The van der Waals surface area contributed by atoms with Crippen molar-refractivity contribution in [3.8, 4) is 0 Å². The van der Waals surface area contributed by atoms with E-state index in [1.165, 1.54) is 58.0 Å². The largest absolute Gasteiger partial charge is 0.446 e. The third-order valence-electron chi connectivity index (χ3n) is 12.2. The van der Waals surface area contributed by atoms with Crippen LogP contribution in [0.4, 0.5) is 4.79 Å². The molecule has 1 amide bonds. The standard InChI is InChI=1S/C35H62NO5P.51Y/c1-25(2)12-11-13-26(3)30-16-17-31-29-15-14-27-24-28(18-20-34(27,4)32(29)19-21-35(30,31)5)41-33(37)36-22-9-7-8-10-23-40-42(6,38)39;;;;;;;;;;;;;;;;;;;;;;;;;;;;;;;;;;;;;;;;;;;;;;;;;;;/h14,25-26,28-32H,7-13,15-24H2,1-6H3,(H,36,37)(H,38,39);;;;;;;;;;;;;;;;;;;;;;;;;;;;;;;;;;;;;;;;;;;;;;;;;;;/t26-,28-,29+,30-,31+,32+,34+,35-;;;;;;;;;;;;;;;;;;;;;;;;;;;;;;;;;;;;;;;;;;;;;;;;;;;/m1.................................................../s1. The number of rotatable bonds is 14. The van der Waals surface area contributed by atoms with Crippen LogP contribution in [0.15, 0.2) is 11.6 Å². The van der Waals surface area contributed by atoms with Crippen molar-refractivity contribution in [3.05, 3.63) is 11.6 Å². The number of allylic oxidation sites excluding steroid dienone is 1. The Morgan fingerprint density at radius 3 is 1.15 bits per heavy atom. The van der Waals surface area contributed by atoms with Crippen LogP contribution >= 0.6 is 7.60 Å². The zero-order valence-corrected chi connectivity index (χ0v) is 203. The van der Waals surface area contributed by atoms with E-state index in [0.717, 1.165) is 80.5 Å². The Bertz CT molecular complexity index is 1070. The number of carbonyl (C=O) groups excluding carboxylic acids is 1. The summed E-state index contributed by atoms with van der Waals surface area (Å²) in [5.41, 5.74) is 2.35. The van der Waals surface area contributed by atoms with Crippen molar-refractivity contribution in [2.24, 2.45) is 46.3 Å². The van der Waals surface area contributed by atoms with Crippen molar-refractivity contribution in [2.75, 3.05) is 19.8 Å². The molecule has 6 nitrogen and oxygen atoms in total. The summed E-state index contributed by atoms with van der Waals surface area (Å²) in [5, 5.41) is 2.94. The van der Waals surface area contributed by atoms with Gasteiger partial charge in [0.15, 0.2) is 0 Å². The summed E-state index contributed by atoms with van der Waals surface area (Å²) in [5.74, 6) is 5.05. The van der Waals surface area contributed by atoms with Crippen LogP contribution in [0.3, 0.4) is 0 Å². The van der Waals surface area contributed by atoms with E-state index < -0.39 is 7.60 Å². The summed E-state index contributed by atoms with van der Waals surface area (Å²) in [6.45, 7) is 14.6. The first-order valence-electron chi connectivity index (χ1n) is 17.4. The number of alkyl carbamates (subject to hydrolysis) is 1. The number of ether oxygens (including phenoxy) is 1. The minimum atomic E-state index is -3.38. The van der Waals surface area contributed by atoms with Crippen molar-refractivity contribution in [1.29, 1.82) is 0 Å². The molecule has 0 spiro atoms. The van der Waals surface area contributed by atoms with Crippen LogP contribution in [-0.2, 0) is 1680 Å². The third-order valence-corrected chi connectivity index (χ3v) is 12.9. The fourth-order valence-corrected chi connectivity index (χ4v) is 10.4. The molecule has 0 saturated heterocycles. The topological polar surface area (TPSA) is 84.9 Å². The van der Waals surface area contributed by atoms with Gasteiger partial charge in [-0.3, -0.25) is 4.57 Å². The minimum absolute atomic E-state index is 0. The Labute approximate surface area is 1860 Å². The molecule has 3 fully saturated rings. The van der Waals surface area contributed by atoms with Crippen molar-refractivity contribution in [2.45, 2.75) is 137 Å². The molecule has 51 radical (unpaired) electrons. The SMILES string of the molecule is CC(C)CCC[C@@H](C)[C@H]1CC[C@H]2[C@@H]3CC=C4C[C@H](OC(=O)NCCCCCCOP(C)(=O)O)CC[C@]4(C)[C@H]3CC[C@]12C.[Y].[Y].[Y].[Y].[Y].[Y].[Y].[Y].[Y].[Y].[Y].[Y].[Y].[Y].[Y].[Y].[Y].[Y].[Y].[Y].[Y].[Y].[Y].[Y].[Y].[Y].[Y].[Y].[Y].[Y].[Y].[Y].[Y].[Y].[Y].[Y].[Y].[Y].[Y].[Y].[Y].[Y].[Y].[Y].[Y].[Y].[Y].[Y].[Y].[Y].[Y]. The number of nitrogens with one attached hydrogen (secondary N) is 1. The summed E-state index contributed by atoms with van der Waals surface area (Å²) in [6, 6.07) is 0. The fraction of sp³-hybridized carbons (Fsp3) is 0.914. The summed E-state index contributed by atoms with van der Waals surface area (Å²) in [6.07, 6.45) is 19.8. The average Bonchev–Trinajstić information content (AvgIpc) is 3.27. The second-order valence-electron chi connectivity index (χ2n) is 15.5. The number of hydrogen-bond donors (Lipinski definition) is 2. The van der Waals surface area contributed by atoms with Gasteiger partial charge < -0.3 is 19.5 Å². The van der Waals surface area contributed by atoms with Gasteiger partial charge in [-0.1, -0.05) is 78.4 Å².